The Hall–Kier alpha value is -2.95. The van der Waals surface area contributed by atoms with Crippen molar-refractivity contribution in [2.24, 2.45) is 0 Å². The topological polar surface area (TPSA) is 61.9 Å². The highest BCUT2D eigenvalue weighted by Crippen LogP contribution is 2.51. The molecule has 2 aliphatic rings. The van der Waals surface area contributed by atoms with Crippen LogP contribution >= 0.6 is 0 Å². The molecule has 27 heavy (non-hydrogen) atoms. The molecule has 136 valence electrons. The minimum Gasteiger partial charge on any atom is -0.332 e. The molecule has 0 radical (unpaired) electrons. The number of nitrogens with one attached hydrogen (secondary N) is 1. The van der Waals surface area contributed by atoms with Crippen molar-refractivity contribution in [2.45, 2.75) is 37.1 Å². The standard InChI is InChI=1S/C22H22N4O/c27-21(22(13-14-22)17-10-5-2-6-11-17)26-15-7-12-18(26)20-23-19(24-25-20)16-8-3-1-4-9-16/h1-6,8-11,18H,7,12-15H2,(H,23,24,25). The number of carbonyl (C=O) groups excluding carboxylic acids is 1. The number of H-pyrrole nitrogens is 1. The van der Waals surface area contributed by atoms with Gasteiger partial charge < -0.3 is 4.90 Å². The van der Waals surface area contributed by atoms with Gasteiger partial charge in [-0.1, -0.05) is 60.7 Å². The number of amides is 1. The zero-order valence-corrected chi connectivity index (χ0v) is 15.1. The lowest BCUT2D eigenvalue weighted by Crippen LogP contribution is -2.39. The lowest BCUT2D eigenvalue weighted by atomic mass is 9.94. The number of aromatic amines is 1. The molecular formula is C22H22N4O. The molecule has 1 saturated carbocycles. The summed E-state index contributed by atoms with van der Waals surface area (Å²) in [6.07, 6.45) is 3.80. The zero-order chi connectivity index (χ0) is 18.3. The summed E-state index contributed by atoms with van der Waals surface area (Å²) in [7, 11) is 0. The van der Waals surface area contributed by atoms with Crippen LogP contribution < -0.4 is 0 Å². The lowest BCUT2D eigenvalue weighted by Gasteiger charge is -2.28. The Bertz CT molecular complexity index is 947. The van der Waals surface area contributed by atoms with Crippen molar-refractivity contribution in [3.05, 3.63) is 72.1 Å². The first-order chi connectivity index (χ1) is 13.3. The van der Waals surface area contributed by atoms with Crippen LogP contribution in [0, 0.1) is 0 Å². The summed E-state index contributed by atoms with van der Waals surface area (Å²) in [5.41, 5.74) is 1.80. The molecule has 0 spiro atoms. The van der Waals surface area contributed by atoms with Gasteiger partial charge >= 0.3 is 0 Å². The number of hydrogen-bond acceptors (Lipinski definition) is 3. The van der Waals surface area contributed by atoms with E-state index in [-0.39, 0.29) is 17.4 Å². The molecule has 2 fully saturated rings. The van der Waals surface area contributed by atoms with E-state index in [1.807, 2.05) is 53.4 Å². The Morgan fingerprint density at radius 1 is 1.04 bits per heavy atom. The van der Waals surface area contributed by atoms with Crippen LogP contribution in [0.1, 0.15) is 43.1 Å². The van der Waals surface area contributed by atoms with Crippen LogP contribution in [0.15, 0.2) is 60.7 Å². The number of nitrogens with zero attached hydrogens (tertiary/aromatic N) is 3. The van der Waals surface area contributed by atoms with E-state index in [1.165, 1.54) is 0 Å². The normalized spacial score (nSPS) is 20.6. The average Bonchev–Trinajstić information content (AvgIpc) is 3.15. The summed E-state index contributed by atoms with van der Waals surface area (Å²) in [6.45, 7) is 0.791. The van der Waals surface area contributed by atoms with Crippen molar-refractivity contribution in [3.63, 3.8) is 0 Å². The first kappa shape index (κ1) is 16.2. The van der Waals surface area contributed by atoms with Gasteiger partial charge in [0.2, 0.25) is 5.91 Å². The van der Waals surface area contributed by atoms with Gasteiger partial charge in [-0.2, -0.15) is 5.10 Å². The SMILES string of the molecule is O=C(N1CCCC1c1nc(-c2ccccc2)n[nH]1)C1(c2ccccc2)CC1. The van der Waals surface area contributed by atoms with Crippen LogP contribution in [-0.2, 0) is 10.2 Å². The molecule has 1 aliphatic carbocycles. The van der Waals surface area contributed by atoms with Crippen molar-refractivity contribution < 1.29 is 4.79 Å². The predicted molar refractivity (Wildman–Crippen MR) is 103 cm³/mol. The van der Waals surface area contributed by atoms with Gasteiger partial charge in [-0.25, -0.2) is 4.98 Å². The van der Waals surface area contributed by atoms with Gasteiger partial charge in [0.15, 0.2) is 5.82 Å². The quantitative estimate of drug-likeness (QED) is 0.770. The molecular weight excluding hydrogens is 336 g/mol. The van der Waals surface area contributed by atoms with Gasteiger partial charge in [0.05, 0.1) is 11.5 Å². The molecule has 5 heteroatoms. The van der Waals surface area contributed by atoms with Crippen LogP contribution in [0.3, 0.4) is 0 Å². The lowest BCUT2D eigenvalue weighted by molar-refractivity contribution is -0.135. The molecule has 2 aromatic carbocycles. The van der Waals surface area contributed by atoms with E-state index >= 15 is 0 Å². The molecule has 5 rings (SSSR count). The van der Waals surface area contributed by atoms with Crippen molar-refractivity contribution in [2.75, 3.05) is 6.54 Å². The van der Waals surface area contributed by atoms with Gasteiger partial charge in [-0.05, 0) is 31.2 Å². The minimum atomic E-state index is -0.327. The number of likely N-dealkylation sites (tertiary alicyclic amines) is 1. The van der Waals surface area contributed by atoms with E-state index in [9.17, 15) is 4.79 Å². The summed E-state index contributed by atoms with van der Waals surface area (Å²) < 4.78 is 0. The highest BCUT2D eigenvalue weighted by Gasteiger charge is 2.54. The van der Waals surface area contributed by atoms with E-state index in [4.69, 9.17) is 4.98 Å². The molecule has 1 unspecified atom stereocenters. The average molecular weight is 358 g/mol. The Morgan fingerprint density at radius 3 is 2.44 bits per heavy atom. The minimum absolute atomic E-state index is 0.0105. The van der Waals surface area contributed by atoms with Gasteiger partial charge in [0, 0.05) is 12.1 Å². The molecule has 2 heterocycles. The van der Waals surface area contributed by atoms with Crippen molar-refractivity contribution in [1.82, 2.24) is 20.1 Å². The molecule has 0 bridgehead atoms. The fourth-order valence-corrected chi connectivity index (χ4v) is 4.22. The molecule has 1 atom stereocenters. The molecule has 5 nitrogen and oxygen atoms in total. The van der Waals surface area contributed by atoms with E-state index in [1.54, 1.807) is 0 Å². The third-order valence-corrected chi connectivity index (χ3v) is 5.85. The number of carbonyl (C=O) groups is 1. The second kappa shape index (κ2) is 6.34. The van der Waals surface area contributed by atoms with Gasteiger partial charge in [0.1, 0.15) is 5.82 Å². The zero-order valence-electron chi connectivity index (χ0n) is 15.1. The largest absolute Gasteiger partial charge is 0.332 e. The molecule has 1 aliphatic heterocycles. The molecule has 3 aromatic rings. The first-order valence-corrected chi connectivity index (χ1v) is 9.62. The fourth-order valence-electron chi connectivity index (χ4n) is 4.22. The van der Waals surface area contributed by atoms with Crippen molar-refractivity contribution >= 4 is 5.91 Å². The maximum absolute atomic E-state index is 13.5. The van der Waals surface area contributed by atoms with Crippen molar-refractivity contribution in [1.29, 1.82) is 0 Å². The third-order valence-electron chi connectivity index (χ3n) is 5.85. The third kappa shape index (κ3) is 2.74. The fraction of sp³-hybridized carbons (Fsp3) is 0.318. The van der Waals surface area contributed by atoms with E-state index in [0.29, 0.717) is 5.82 Å². The summed E-state index contributed by atoms with van der Waals surface area (Å²) in [5.74, 6) is 1.73. The monoisotopic (exact) mass is 358 g/mol. The van der Waals surface area contributed by atoms with E-state index in [2.05, 4.69) is 22.3 Å². The van der Waals surface area contributed by atoms with Crippen molar-refractivity contribution in [3.8, 4) is 11.4 Å². The van der Waals surface area contributed by atoms with E-state index < -0.39 is 0 Å². The van der Waals surface area contributed by atoms with Gasteiger partial charge in [0.25, 0.3) is 0 Å². The molecule has 1 amide bonds. The molecule has 1 saturated heterocycles. The number of benzene rings is 2. The summed E-state index contributed by atoms with van der Waals surface area (Å²) >= 11 is 0. The summed E-state index contributed by atoms with van der Waals surface area (Å²) in [5, 5.41) is 7.47. The Balaban J connectivity index is 1.42. The number of rotatable bonds is 4. The second-order valence-electron chi connectivity index (χ2n) is 7.51. The summed E-state index contributed by atoms with van der Waals surface area (Å²) in [4.78, 5) is 20.2. The van der Waals surface area contributed by atoms with Crippen LogP contribution in [0.2, 0.25) is 0 Å². The predicted octanol–water partition coefficient (Wildman–Crippen LogP) is 3.87. The number of hydrogen-bond donors (Lipinski definition) is 1. The maximum Gasteiger partial charge on any atom is 0.233 e. The Kier molecular flexibility index (Phi) is 3.81. The van der Waals surface area contributed by atoms with Crippen LogP contribution in [0.4, 0.5) is 0 Å². The second-order valence-corrected chi connectivity index (χ2v) is 7.51. The number of aromatic nitrogens is 3. The van der Waals surface area contributed by atoms with Crippen LogP contribution in [-0.4, -0.2) is 32.5 Å². The highest BCUT2D eigenvalue weighted by molar-refractivity contribution is 5.91. The van der Waals surface area contributed by atoms with Crippen LogP contribution in [0.25, 0.3) is 11.4 Å². The molecule has 1 N–H and O–H groups in total. The summed E-state index contributed by atoms with van der Waals surface area (Å²) in [6, 6.07) is 20.1. The smallest absolute Gasteiger partial charge is 0.233 e. The van der Waals surface area contributed by atoms with Gasteiger partial charge in [-0.15, -0.1) is 0 Å². The Labute approximate surface area is 158 Å². The highest BCUT2D eigenvalue weighted by atomic mass is 16.2. The van der Waals surface area contributed by atoms with Gasteiger partial charge in [-0.3, -0.25) is 9.89 Å². The molecule has 1 aromatic heterocycles. The maximum atomic E-state index is 13.5. The first-order valence-electron chi connectivity index (χ1n) is 9.62. The van der Waals surface area contributed by atoms with E-state index in [0.717, 1.165) is 49.2 Å². The Morgan fingerprint density at radius 2 is 1.74 bits per heavy atom. The van der Waals surface area contributed by atoms with Crippen LogP contribution in [0.5, 0.6) is 0 Å².